The fourth-order valence-electron chi connectivity index (χ4n) is 2.53. The zero-order chi connectivity index (χ0) is 19.2. The lowest BCUT2D eigenvalue weighted by molar-refractivity contribution is -0.146. The summed E-state index contributed by atoms with van der Waals surface area (Å²) in [6, 6.07) is 13.1. The Morgan fingerprint density at radius 1 is 1.07 bits per heavy atom. The molecule has 3 aromatic rings. The van der Waals surface area contributed by atoms with Crippen LogP contribution in [-0.2, 0) is 14.3 Å². The largest absolute Gasteiger partial charge is 0.491 e. The van der Waals surface area contributed by atoms with Crippen LogP contribution < -0.4 is 4.74 Å². The SMILES string of the molecule is COC(=O)COCCOc1ccc(-c2nc(C)c3cccc(Cl)c3n2)cc1. The third-order valence-electron chi connectivity index (χ3n) is 3.92. The van der Waals surface area contributed by atoms with Gasteiger partial charge in [-0.15, -0.1) is 0 Å². The molecule has 0 N–H and O–H groups in total. The summed E-state index contributed by atoms with van der Waals surface area (Å²) in [7, 11) is 1.32. The molecule has 3 rings (SSSR count). The van der Waals surface area contributed by atoms with Gasteiger partial charge in [0.2, 0.25) is 0 Å². The maximum absolute atomic E-state index is 10.9. The number of rotatable bonds is 7. The lowest BCUT2D eigenvalue weighted by atomic mass is 10.1. The maximum Gasteiger partial charge on any atom is 0.331 e. The highest BCUT2D eigenvalue weighted by molar-refractivity contribution is 6.35. The second-order valence-corrected chi connectivity index (χ2v) is 6.18. The number of methoxy groups -OCH3 is 1. The van der Waals surface area contributed by atoms with E-state index in [0.717, 1.165) is 22.2 Å². The molecule has 1 aromatic heterocycles. The lowest BCUT2D eigenvalue weighted by Crippen LogP contribution is -2.14. The van der Waals surface area contributed by atoms with Crippen molar-refractivity contribution in [2.24, 2.45) is 0 Å². The number of hydrogen-bond acceptors (Lipinski definition) is 6. The maximum atomic E-state index is 10.9. The van der Waals surface area contributed by atoms with Crippen molar-refractivity contribution >= 4 is 28.5 Å². The monoisotopic (exact) mass is 386 g/mol. The van der Waals surface area contributed by atoms with Gasteiger partial charge in [-0.25, -0.2) is 14.8 Å². The van der Waals surface area contributed by atoms with Gasteiger partial charge < -0.3 is 14.2 Å². The van der Waals surface area contributed by atoms with Gasteiger partial charge in [-0.05, 0) is 37.3 Å². The molecule has 0 amide bonds. The second kappa shape index (κ2) is 8.79. The first kappa shape index (κ1) is 19.1. The van der Waals surface area contributed by atoms with E-state index in [1.807, 2.05) is 49.4 Å². The molecule has 0 aliphatic carbocycles. The zero-order valence-corrected chi connectivity index (χ0v) is 15.8. The van der Waals surface area contributed by atoms with Crippen LogP contribution in [-0.4, -0.2) is 42.9 Å². The van der Waals surface area contributed by atoms with E-state index >= 15 is 0 Å². The number of nitrogens with zero attached hydrogens (tertiary/aromatic N) is 2. The predicted molar refractivity (Wildman–Crippen MR) is 103 cm³/mol. The van der Waals surface area contributed by atoms with Gasteiger partial charge in [0, 0.05) is 16.6 Å². The number of para-hydroxylation sites is 1. The number of ether oxygens (including phenoxy) is 3. The van der Waals surface area contributed by atoms with E-state index in [1.165, 1.54) is 7.11 Å². The molecule has 0 saturated heterocycles. The topological polar surface area (TPSA) is 70.5 Å². The smallest absolute Gasteiger partial charge is 0.331 e. The summed E-state index contributed by atoms with van der Waals surface area (Å²) in [6.45, 7) is 2.48. The minimum atomic E-state index is -0.412. The van der Waals surface area contributed by atoms with Crippen LogP contribution in [0.5, 0.6) is 5.75 Å². The van der Waals surface area contributed by atoms with E-state index in [9.17, 15) is 4.79 Å². The van der Waals surface area contributed by atoms with E-state index in [4.69, 9.17) is 21.1 Å². The molecule has 140 valence electrons. The Hall–Kier alpha value is -2.70. The van der Waals surface area contributed by atoms with Crippen molar-refractivity contribution in [1.82, 2.24) is 9.97 Å². The third-order valence-corrected chi connectivity index (χ3v) is 4.23. The first-order chi connectivity index (χ1) is 13.1. The van der Waals surface area contributed by atoms with Crippen molar-refractivity contribution in [2.45, 2.75) is 6.92 Å². The van der Waals surface area contributed by atoms with Gasteiger partial charge in [-0.3, -0.25) is 0 Å². The summed E-state index contributed by atoms with van der Waals surface area (Å²) in [4.78, 5) is 20.1. The Morgan fingerprint density at radius 3 is 2.59 bits per heavy atom. The molecule has 1 heterocycles. The molecule has 0 fully saturated rings. The van der Waals surface area contributed by atoms with Crippen molar-refractivity contribution in [1.29, 1.82) is 0 Å². The molecule has 27 heavy (non-hydrogen) atoms. The van der Waals surface area contributed by atoms with Crippen LogP contribution in [0.25, 0.3) is 22.3 Å². The van der Waals surface area contributed by atoms with Crippen LogP contribution in [0.4, 0.5) is 0 Å². The van der Waals surface area contributed by atoms with Gasteiger partial charge in [-0.2, -0.15) is 0 Å². The third kappa shape index (κ3) is 4.72. The van der Waals surface area contributed by atoms with Crippen LogP contribution in [0.1, 0.15) is 5.69 Å². The zero-order valence-electron chi connectivity index (χ0n) is 15.1. The number of aryl methyl sites for hydroxylation is 1. The van der Waals surface area contributed by atoms with E-state index in [-0.39, 0.29) is 6.61 Å². The van der Waals surface area contributed by atoms with Gasteiger partial charge in [-0.1, -0.05) is 23.7 Å². The average molecular weight is 387 g/mol. The summed E-state index contributed by atoms with van der Waals surface area (Å²) in [5, 5.41) is 1.55. The second-order valence-electron chi connectivity index (χ2n) is 5.77. The Labute approximate surface area is 162 Å². The summed E-state index contributed by atoms with van der Waals surface area (Å²) in [5.74, 6) is 0.891. The number of halogens is 1. The Balaban J connectivity index is 1.66. The van der Waals surface area contributed by atoms with Gasteiger partial charge >= 0.3 is 5.97 Å². The Morgan fingerprint density at radius 2 is 1.85 bits per heavy atom. The molecule has 0 saturated carbocycles. The Bertz CT molecular complexity index is 945. The average Bonchev–Trinajstić information content (AvgIpc) is 2.68. The Kier molecular flexibility index (Phi) is 6.21. The fraction of sp³-hybridized carbons (Fsp3) is 0.250. The van der Waals surface area contributed by atoms with Crippen LogP contribution in [0.15, 0.2) is 42.5 Å². The van der Waals surface area contributed by atoms with Crippen molar-refractivity contribution in [3.63, 3.8) is 0 Å². The standard InChI is InChI=1S/C20H19ClN2O4/c1-13-16-4-3-5-17(21)19(16)23-20(22-13)14-6-8-15(9-7-14)27-11-10-26-12-18(24)25-2/h3-9H,10-12H2,1-2H3. The highest BCUT2D eigenvalue weighted by Gasteiger charge is 2.09. The summed E-state index contributed by atoms with van der Waals surface area (Å²) >= 11 is 6.27. The lowest BCUT2D eigenvalue weighted by Gasteiger charge is -2.09. The molecular formula is C20H19ClN2O4. The molecule has 0 aliphatic heterocycles. The highest BCUT2D eigenvalue weighted by Crippen LogP contribution is 2.27. The van der Waals surface area contributed by atoms with Crippen molar-refractivity contribution in [3.05, 3.63) is 53.2 Å². The molecule has 6 nitrogen and oxygen atoms in total. The van der Waals surface area contributed by atoms with Crippen molar-refractivity contribution in [2.75, 3.05) is 26.9 Å². The van der Waals surface area contributed by atoms with E-state index < -0.39 is 5.97 Å². The van der Waals surface area contributed by atoms with Gasteiger partial charge in [0.05, 0.1) is 24.3 Å². The van der Waals surface area contributed by atoms with Gasteiger partial charge in [0.15, 0.2) is 5.82 Å². The van der Waals surface area contributed by atoms with E-state index in [0.29, 0.717) is 29.8 Å². The van der Waals surface area contributed by atoms with Crippen molar-refractivity contribution in [3.8, 4) is 17.1 Å². The fourth-order valence-corrected chi connectivity index (χ4v) is 2.75. The summed E-state index contributed by atoms with van der Waals surface area (Å²) in [6.07, 6.45) is 0. The number of carbonyl (C=O) groups is 1. The first-order valence-electron chi connectivity index (χ1n) is 8.39. The number of carbonyl (C=O) groups excluding carboxylic acids is 1. The summed E-state index contributed by atoms with van der Waals surface area (Å²) < 4.78 is 15.2. The van der Waals surface area contributed by atoms with Crippen LogP contribution in [0.3, 0.4) is 0 Å². The van der Waals surface area contributed by atoms with Gasteiger partial charge in [0.1, 0.15) is 19.0 Å². The van der Waals surface area contributed by atoms with Crippen molar-refractivity contribution < 1.29 is 19.0 Å². The molecule has 0 bridgehead atoms. The number of hydrogen-bond donors (Lipinski definition) is 0. The first-order valence-corrected chi connectivity index (χ1v) is 8.77. The molecule has 7 heteroatoms. The van der Waals surface area contributed by atoms with Crippen LogP contribution >= 0.6 is 11.6 Å². The molecule has 0 radical (unpaired) electrons. The molecule has 0 spiro atoms. The normalized spacial score (nSPS) is 10.8. The number of esters is 1. The molecular weight excluding hydrogens is 368 g/mol. The predicted octanol–water partition coefficient (Wildman–Crippen LogP) is 3.83. The summed E-state index contributed by atoms with van der Waals surface area (Å²) in [5.41, 5.74) is 2.49. The van der Waals surface area contributed by atoms with Crippen LogP contribution in [0, 0.1) is 6.92 Å². The van der Waals surface area contributed by atoms with Crippen LogP contribution in [0.2, 0.25) is 5.02 Å². The molecule has 0 aliphatic rings. The highest BCUT2D eigenvalue weighted by atomic mass is 35.5. The van der Waals surface area contributed by atoms with E-state index in [1.54, 1.807) is 0 Å². The minimum absolute atomic E-state index is 0.0833. The number of fused-ring (bicyclic) bond motifs is 1. The van der Waals surface area contributed by atoms with E-state index in [2.05, 4.69) is 14.7 Å². The number of benzene rings is 2. The molecule has 0 atom stereocenters. The molecule has 2 aromatic carbocycles. The quantitative estimate of drug-likeness (QED) is 0.454. The number of aromatic nitrogens is 2. The minimum Gasteiger partial charge on any atom is -0.491 e. The molecule has 0 unspecified atom stereocenters. The van der Waals surface area contributed by atoms with Gasteiger partial charge in [0.25, 0.3) is 0 Å².